The van der Waals surface area contributed by atoms with Gasteiger partial charge in [0.2, 0.25) is 0 Å². The van der Waals surface area contributed by atoms with Crippen molar-refractivity contribution in [3.05, 3.63) is 47.5 Å². The van der Waals surface area contributed by atoms with Gasteiger partial charge in [-0.3, -0.25) is 0 Å². The minimum Gasteiger partial charge on any atom is -0.246 e. The monoisotopic (exact) mass is 218 g/mol. The Balaban J connectivity index is 0.000000606. The van der Waals surface area contributed by atoms with E-state index in [0.29, 0.717) is 0 Å². The molecule has 2 aromatic carbocycles. The Kier molecular flexibility index (Phi) is 4.97. The summed E-state index contributed by atoms with van der Waals surface area (Å²) in [6.07, 6.45) is 0.993. The predicted octanol–water partition coefficient (Wildman–Crippen LogP) is 4.90. The third-order valence-electron chi connectivity index (χ3n) is 2.63. The lowest BCUT2D eigenvalue weighted by Crippen LogP contribution is -1.87. The lowest BCUT2D eigenvalue weighted by molar-refractivity contribution is 0.488. The van der Waals surface area contributed by atoms with E-state index >= 15 is 0 Å². The third-order valence-corrected chi connectivity index (χ3v) is 2.63. The molecule has 2 aromatic rings. The van der Waals surface area contributed by atoms with Gasteiger partial charge in [0.15, 0.2) is 0 Å². The maximum Gasteiger partial charge on any atom is 0.115 e. The number of benzene rings is 2. The van der Waals surface area contributed by atoms with Gasteiger partial charge in [-0.05, 0) is 28.3 Å². The van der Waals surface area contributed by atoms with Crippen molar-refractivity contribution in [1.82, 2.24) is 0 Å². The first-order valence-electron chi connectivity index (χ1n) is 5.92. The number of hydrogen-bond donors (Lipinski definition) is 0. The van der Waals surface area contributed by atoms with Crippen LogP contribution in [0.4, 0.5) is 4.39 Å². The summed E-state index contributed by atoms with van der Waals surface area (Å²) in [4.78, 5) is 0. The average molecular weight is 218 g/mol. The molecule has 0 spiro atoms. The van der Waals surface area contributed by atoms with Gasteiger partial charge in [-0.1, -0.05) is 57.2 Å². The van der Waals surface area contributed by atoms with Crippen molar-refractivity contribution in [2.75, 3.05) is 0 Å². The van der Waals surface area contributed by atoms with E-state index in [9.17, 15) is 4.39 Å². The molecule has 0 N–H and O–H groups in total. The molecular weight excluding hydrogens is 199 g/mol. The summed E-state index contributed by atoms with van der Waals surface area (Å²) in [6, 6.07) is 11.9. The van der Waals surface area contributed by atoms with Crippen LogP contribution in [0.25, 0.3) is 10.8 Å². The van der Waals surface area contributed by atoms with Crippen LogP contribution in [0, 0.1) is 0 Å². The Morgan fingerprint density at radius 1 is 0.875 bits per heavy atom. The zero-order valence-electron chi connectivity index (χ0n) is 10.3. The molecule has 86 valence electrons. The molecule has 0 amide bonds. The zero-order chi connectivity index (χ0) is 12.0. The molecule has 1 heteroatoms. The highest BCUT2D eigenvalue weighted by atomic mass is 19.1. The summed E-state index contributed by atoms with van der Waals surface area (Å²) in [5, 5.41) is 2.24. The van der Waals surface area contributed by atoms with E-state index in [0.717, 1.165) is 17.4 Å². The molecule has 0 bridgehead atoms. The topological polar surface area (TPSA) is 0 Å². The van der Waals surface area contributed by atoms with Gasteiger partial charge < -0.3 is 0 Å². The summed E-state index contributed by atoms with van der Waals surface area (Å²) in [5.41, 5.74) is 2.08. The van der Waals surface area contributed by atoms with Crippen LogP contribution >= 0.6 is 0 Å². The predicted molar refractivity (Wildman–Crippen MR) is 69.5 cm³/mol. The van der Waals surface area contributed by atoms with Crippen LogP contribution in [-0.4, -0.2) is 0 Å². The van der Waals surface area contributed by atoms with Crippen molar-refractivity contribution in [1.29, 1.82) is 0 Å². The molecule has 0 unspecified atom stereocenters. The highest BCUT2D eigenvalue weighted by molar-refractivity contribution is 5.88. The Hall–Kier alpha value is -1.37. The number of hydrogen-bond acceptors (Lipinski definition) is 0. The largest absolute Gasteiger partial charge is 0.246 e. The van der Waals surface area contributed by atoms with Crippen LogP contribution in [0.5, 0.6) is 0 Å². The number of aryl methyl sites for hydroxylation is 1. The van der Waals surface area contributed by atoms with Gasteiger partial charge in [0, 0.05) is 0 Å². The average Bonchev–Trinajstić information content (AvgIpc) is 2.39. The van der Waals surface area contributed by atoms with Crippen molar-refractivity contribution in [3.8, 4) is 0 Å². The molecule has 0 fully saturated rings. The van der Waals surface area contributed by atoms with Crippen LogP contribution in [0.3, 0.4) is 0 Å². The summed E-state index contributed by atoms with van der Waals surface area (Å²) in [7, 11) is 0. The number of halogens is 1. The fraction of sp³-hybridized carbons (Fsp3) is 0.333. The molecule has 2 rings (SSSR count). The van der Waals surface area contributed by atoms with E-state index in [1.54, 1.807) is 0 Å². The van der Waals surface area contributed by atoms with Gasteiger partial charge in [0.05, 0.1) is 0 Å². The van der Waals surface area contributed by atoms with E-state index in [1.165, 1.54) is 10.9 Å². The Morgan fingerprint density at radius 2 is 1.38 bits per heavy atom. The van der Waals surface area contributed by atoms with Crippen LogP contribution in [0.15, 0.2) is 36.4 Å². The molecule has 0 aliphatic rings. The Labute approximate surface area is 97.1 Å². The lowest BCUT2D eigenvalue weighted by Gasteiger charge is -2.06. The van der Waals surface area contributed by atoms with Crippen molar-refractivity contribution < 1.29 is 4.39 Å². The van der Waals surface area contributed by atoms with Crippen LogP contribution in [0.2, 0.25) is 0 Å². The second-order valence-electron chi connectivity index (χ2n) is 3.42. The van der Waals surface area contributed by atoms with E-state index in [1.807, 2.05) is 38.1 Å². The summed E-state index contributed by atoms with van der Waals surface area (Å²) < 4.78 is 12.7. The summed E-state index contributed by atoms with van der Waals surface area (Å²) in [5.74, 6) is 0. The first-order chi connectivity index (χ1) is 7.86. The molecule has 16 heavy (non-hydrogen) atoms. The highest BCUT2D eigenvalue weighted by Crippen LogP contribution is 2.23. The third kappa shape index (κ3) is 2.41. The van der Waals surface area contributed by atoms with Crippen molar-refractivity contribution in [2.45, 2.75) is 33.9 Å². The Bertz CT molecular complexity index is 403. The zero-order valence-corrected chi connectivity index (χ0v) is 10.3. The normalized spacial score (nSPS) is 9.75. The molecule has 0 heterocycles. The van der Waals surface area contributed by atoms with E-state index in [2.05, 4.69) is 19.1 Å². The minimum absolute atomic E-state index is 0.384. The van der Waals surface area contributed by atoms with Crippen LogP contribution in [0.1, 0.15) is 31.9 Å². The maximum absolute atomic E-state index is 12.7. The second kappa shape index (κ2) is 6.26. The summed E-state index contributed by atoms with van der Waals surface area (Å²) in [6.45, 7) is 5.74. The van der Waals surface area contributed by atoms with E-state index in [4.69, 9.17) is 0 Å². The molecule has 0 aliphatic carbocycles. The van der Waals surface area contributed by atoms with Gasteiger partial charge in [-0.25, -0.2) is 4.39 Å². The maximum atomic E-state index is 12.7. The molecule has 0 nitrogen and oxygen atoms in total. The molecule has 0 aromatic heterocycles. The highest BCUT2D eigenvalue weighted by Gasteiger charge is 2.02. The number of rotatable bonds is 2. The van der Waals surface area contributed by atoms with E-state index < -0.39 is 0 Å². The van der Waals surface area contributed by atoms with Crippen molar-refractivity contribution in [3.63, 3.8) is 0 Å². The van der Waals surface area contributed by atoms with Gasteiger partial charge in [0.25, 0.3) is 0 Å². The van der Waals surface area contributed by atoms with Gasteiger partial charge in [0.1, 0.15) is 6.67 Å². The van der Waals surface area contributed by atoms with Gasteiger partial charge >= 0.3 is 0 Å². The van der Waals surface area contributed by atoms with E-state index in [-0.39, 0.29) is 6.67 Å². The quantitative estimate of drug-likeness (QED) is 0.672. The first kappa shape index (κ1) is 12.7. The standard InChI is InChI=1S/C13H13F.C2H6/c1-2-10-5-3-8-13-11(9-14)6-4-7-12(10)13;1-2/h3-8H,2,9H2,1H3;1-2H3. The molecule has 0 saturated carbocycles. The molecule has 0 radical (unpaired) electrons. The smallest absolute Gasteiger partial charge is 0.115 e. The van der Waals surface area contributed by atoms with Crippen molar-refractivity contribution in [2.24, 2.45) is 0 Å². The molecule has 0 aliphatic heterocycles. The first-order valence-corrected chi connectivity index (χ1v) is 5.92. The van der Waals surface area contributed by atoms with Crippen LogP contribution < -0.4 is 0 Å². The SMILES string of the molecule is CC.CCc1cccc2c(CF)cccc12. The van der Waals surface area contributed by atoms with Gasteiger partial charge in [-0.2, -0.15) is 0 Å². The van der Waals surface area contributed by atoms with Crippen LogP contribution in [-0.2, 0) is 13.1 Å². The van der Waals surface area contributed by atoms with Crippen molar-refractivity contribution >= 4 is 10.8 Å². The fourth-order valence-corrected chi connectivity index (χ4v) is 1.86. The lowest BCUT2D eigenvalue weighted by atomic mass is 9.99. The molecule has 0 saturated heterocycles. The minimum atomic E-state index is -0.384. The number of fused-ring (bicyclic) bond motifs is 1. The second-order valence-corrected chi connectivity index (χ2v) is 3.42. The van der Waals surface area contributed by atoms with Gasteiger partial charge in [-0.15, -0.1) is 0 Å². The molecule has 0 atom stereocenters. The Morgan fingerprint density at radius 3 is 1.88 bits per heavy atom. The summed E-state index contributed by atoms with van der Waals surface area (Å²) >= 11 is 0. The number of alkyl halides is 1. The molecular formula is C15H19F. The fourth-order valence-electron chi connectivity index (χ4n) is 1.86.